The topological polar surface area (TPSA) is 83.2 Å². The van der Waals surface area contributed by atoms with Gasteiger partial charge in [-0.15, -0.1) is 0 Å². The summed E-state index contributed by atoms with van der Waals surface area (Å²) in [6.45, 7) is 0.876. The molecule has 9 heteroatoms. The number of amides is 1. The van der Waals surface area contributed by atoms with Crippen LogP contribution in [0.25, 0.3) is 11.0 Å². The Kier molecular flexibility index (Phi) is 5.49. The molecular weight excluding hydrogens is 471 g/mol. The smallest absolute Gasteiger partial charge is 0.290 e. The molecule has 162 valence electrons. The molecule has 1 aliphatic rings. The molecule has 1 amide bonds. The minimum atomic E-state index is -0.780. The predicted octanol–water partition coefficient (Wildman–Crippen LogP) is 3.52. The second-order valence-corrected chi connectivity index (χ2v) is 8.43. The van der Waals surface area contributed by atoms with E-state index in [4.69, 9.17) is 9.15 Å². The van der Waals surface area contributed by atoms with Gasteiger partial charge in [-0.25, -0.2) is 4.39 Å². The molecule has 1 atom stereocenters. The lowest BCUT2D eigenvalue weighted by Gasteiger charge is -2.27. The Morgan fingerprint density at radius 2 is 2.00 bits per heavy atom. The minimum absolute atomic E-state index is 0.0592. The number of phenols is 1. The van der Waals surface area contributed by atoms with Crippen LogP contribution in [-0.2, 0) is 0 Å². The van der Waals surface area contributed by atoms with E-state index in [1.807, 2.05) is 19.0 Å². The van der Waals surface area contributed by atoms with E-state index >= 15 is 0 Å². The van der Waals surface area contributed by atoms with Crippen LogP contribution in [0.5, 0.6) is 11.5 Å². The van der Waals surface area contributed by atoms with Gasteiger partial charge in [-0.3, -0.25) is 9.59 Å². The molecular formula is C22H20BrFN2O5. The quantitative estimate of drug-likeness (QED) is 0.589. The van der Waals surface area contributed by atoms with Gasteiger partial charge in [-0.2, -0.15) is 0 Å². The summed E-state index contributed by atoms with van der Waals surface area (Å²) in [5.41, 5.74) is 0.373. The number of hydrogen-bond acceptors (Lipinski definition) is 6. The molecule has 0 saturated heterocycles. The van der Waals surface area contributed by atoms with Crippen LogP contribution < -0.4 is 10.2 Å². The summed E-state index contributed by atoms with van der Waals surface area (Å²) in [5.74, 6) is -0.958. The third-order valence-corrected chi connectivity index (χ3v) is 5.91. The van der Waals surface area contributed by atoms with Crippen molar-refractivity contribution in [1.29, 1.82) is 0 Å². The van der Waals surface area contributed by atoms with Crippen LogP contribution in [0.3, 0.4) is 0 Å². The highest BCUT2D eigenvalue weighted by atomic mass is 79.9. The van der Waals surface area contributed by atoms with Gasteiger partial charge >= 0.3 is 0 Å². The number of fused-ring (bicyclic) bond motifs is 2. The number of methoxy groups -OCH3 is 1. The fourth-order valence-corrected chi connectivity index (χ4v) is 4.24. The maximum atomic E-state index is 13.8. The number of ether oxygens (including phenoxy) is 1. The molecule has 0 fully saturated rings. The average molecular weight is 491 g/mol. The SMILES string of the molecule is COc1cc(C2c3c(oc4ccc(F)cc4c3=O)C(=O)N2CCN(C)C)cc(Br)c1O. The van der Waals surface area contributed by atoms with Crippen LogP contribution >= 0.6 is 15.9 Å². The van der Waals surface area contributed by atoms with Crippen molar-refractivity contribution in [2.24, 2.45) is 0 Å². The van der Waals surface area contributed by atoms with Gasteiger partial charge in [0.1, 0.15) is 11.4 Å². The van der Waals surface area contributed by atoms with Crippen LogP contribution in [0.15, 0.2) is 44.0 Å². The first kappa shape index (κ1) is 21.3. The standard InChI is InChI=1S/C22H20BrFN2O5/c1-25(2)6-7-26-18(11-8-14(23)20(28)16(9-11)30-3)17-19(27)13-10-12(24)4-5-15(13)31-21(17)22(26)29/h4-5,8-10,18,28H,6-7H2,1-3H3. The van der Waals surface area contributed by atoms with Gasteiger partial charge < -0.3 is 24.1 Å². The summed E-state index contributed by atoms with van der Waals surface area (Å²) in [5, 5.41) is 10.3. The van der Waals surface area contributed by atoms with Crippen LogP contribution in [0.1, 0.15) is 27.7 Å². The lowest BCUT2D eigenvalue weighted by molar-refractivity contribution is 0.0716. The van der Waals surface area contributed by atoms with Gasteiger partial charge in [-0.05, 0) is 65.9 Å². The molecule has 0 saturated carbocycles. The maximum Gasteiger partial charge on any atom is 0.290 e. The van der Waals surface area contributed by atoms with Crippen molar-refractivity contribution in [3.05, 3.63) is 67.7 Å². The lowest BCUT2D eigenvalue weighted by Crippen LogP contribution is -2.35. The summed E-state index contributed by atoms with van der Waals surface area (Å²) in [4.78, 5) is 30.1. The van der Waals surface area contributed by atoms with E-state index in [1.54, 1.807) is 17.0 Å². The van der Waals surface area contributed by atoms with Crippen LogP contribution in [0.4, 0.5) is 4.39 Å². The third-order valence-electron chi connectivity index (χ3n) is 5.30. The van der Waals surface area contributed by atoms with Gasteiger partial charge in [0, 0.05) is 13.1 Å². The highest BCUT2D eigenvalue weighted by molar-refractivity contribution is 9.10. The highest BCUT2D eigenvalue weighted by Gasteiger charge is 2.43. The minimum Gasteiger partial charge on any atom is -0.503 e. The van der Waals surface area contributed by atoms with Gasteiger partial charge in [0.05, 0.1) is 28.6 Å². The first-order valence-corrected chi connectivity index (χ1v) is 10.3. The Hall–Kier alpha value is -2.91. The molecule has 7 nitrogen and oxygen atoms in total. The summed E-state index contributed by atoms with van der Waals surface area (Å²) < 4.78 is 25.2. The molecule has 1 aromatic heterocycles. The Morgan fingerprint density at radius 3 is 2.68 bits per heavy atom. The Labute approximate surface area is 185 Å². The zero-order valence-corrected chi connectivity index (χ0v) is 18.7. The van der Waals surface area contributed by atoms with Gasteiger partial charge in [0.25, 0.3) is 5.91 Å². The second-order valence-electron chi connectivity index (χ2n) is 7.57. The molecule has 0 spiro atoms. The lowest BCUT2D eigenvalue weighted by atomic mass is 9.98. The Balaban J connectivity index is 1.98. The monoisotopic (exact) mass is 490 g/mol. The third kappa shape index (κ3) is 3.57. The summed E-state index contributed by atoms with van der Waals surface area (Å²) in [6, 6.07) is 6.06. The van der Waals surface area contributed by atoms with Crippen molar-refractivity contribution < 1.29 is 23.4 Å². The number of hydrogen-bond donors (Lipinski definition) is 1. The van der Waals surface area contributed by atoms with Crippen molar-refractivity contribution in [3.63, 3.8) is 0 Å². The molecule has 31 heavy (non-hydrogen) atoms. The van der Waals surface area contributed by atoms with Crippen molar-refractivity contribution in [2.45, 2.75) is 6.04 Å². The number of likely N-dealkylation sites (N-methyl/N-ethyl adjacent to an activating group) is 1. The second kappa shape index (κ2) is 7.97. The number of rotatable bonds is 5. The number of halogens is 2. The van der Waals surface area contributed by atoms with Crippen molar-refractivity contribution in [1.82, 2.24) is 9.80 Å². The van der Waals surface area contributed by atoms with E-state index in [9.17, 15) is 19.1 Å². The normalized spacial score (nSPS) is 15.7. The zero-order chi connectivity index (χ0) is 22.4. The number of phenolic OH excluding ortho intramolecular Hbond substituents is 1. The van der Waals surface area contributed by atoms with Crippen LogP contribution in [-0.4, -0.2) is 55.1 Å². The predicted molar refractivity (Wildman–Crippen MR) is 116 cm³/mol. The molecule has 0 aliphatic carbocycles. The van der Waals surface area contributed by atoms with Crippen LogP contribution in [0, 0.1) is 5.82 Å². The summed E-state index contributed by atoms with van der Waals surface area (Å²) in [6.07, 6.45) is 0. The van der Waals surface area contributed by atoms with Gasteiger partial charge in [-0.1, -0.05) is 0 Å². The Bertz CT molecular complexity index is 1260. The fraction of sp³-hybridized carbons (Fsp3) is 0.273. The van der Waals surface area contributed by atoms with E-state index in [0.29, 0.717) is 23.1 Å². The molecule has 0 bridgehead atoms. The molecule has 3 aromatic rings. The molecule has 1 aliphatic heterocycles. The first-order valence-electron chi connectivity index (χ1n) is 9.51. The van der Waals surface area contributed by atoms with Gasteiger partial charge in [0.2, 0.25) is 5.76 Å². The van der Waals surface area contributed by atoms with Crippen molar-refractivity contribution in [2.75, 3.05) is 34.3 Å². The molecule has 2 aromatic carbocycles. The van der Waals surface area contributed by atoms with Gasteiger partial charge in [0.15, 0.2) is 16.9 Å². The first-order chi connectivity index (χ1) is 14.7. The highest BCUT2D eigenvalue weighted by Crippen LogP contribution is 2.43. The molecule has 1 unspecified atom stereocenters. The molecule has 1 N–H and O–H groups in total. The molecule has 4 rings (SSSR count). The number of benzene rings is 2. The zero-order valence-electron chi connectivity index (χ0n) is 17.1. The van der Waals surface area contributed by atoms with Crippen molar-refractivity contribution in [3.8, 4) is 11.5 Å². The summed E-state index contributed by atoms with van der Waals surface area (Å²) in [7, 11) is 5.17. The number of carbonyl (C=O) groups excluding carboxylic acids is 1. The Morgan fingerprint density at radius 1 is 1.26 bits per heavy atom. The summed E-state index contributed by atoms with van der Waals surface area (Å²) >= 11 is 3.30. The van der Waals surface area contributed by atoms with E-state index < -0.39 is 23.2 Å². The largest absolute Gasteiger partial charge is 0.503 e. The van der Waals surface area contributed by atoms with E-state index in [1.165, 1.54) is 19.2 Å². The van der Waals surface area contributed by atoms with E-state index in [-0.39, 0.29) is 33.8 Å². The number of carbonyl (C=O) groups is 1. The van der Waals surface area contributed by atoms with E-state index in [0.717, 1.165) is 6.07 Å². The van der Waals surface area contributed by atoms with Crippen LogP contribution in [0.2, 0.25) is 0 Å². The van der Waals surface area contributed by atoms with Crippen molar-refractivity contribution >= 4 is 32.8 Å². The van der Waals surface area contributed by atoms with E-state index in [2.05, 4.69) is 15.9 Å². The number of aromatic hydroxyl groups is 1. The molecule has 0 radical (unpaired) electrons. The fourth-order valence-electron chi connectivity index (χ4n) is 3.78. The number of nitrogens with zero attached hydrogens (tertiary/aromatic N) is 2. The maximum absolute atomic E-state index is 13.8. The molecule has 2 heterocycles. The average Bonchev–Trinajstić information content (AvgIpc) is 3.01.